The molecule has 0 spiro atoms. The molecule has 4 nitrogen and oxygen atoms in total. The second-order valence-corrected chi connectivity index (χ2v) is 5.79. The summed E-state index contributed by atoms with van der Waals surface area (Å²) in [5.41, 5.74) is -0.585. The van der Waals surface area contributed by atoms with Crippen molar-refractivity contribution >= 4 is 21.8 Å². The standard InChI is InChI=1S/C14H15BrN2O2/c15-10-4-5-11(12(18)8-10)13(19)17-14(9-16)6-2-1-3-7-14/h4-5,8,18H,1-3,6-7H2,(H,17,19). The summed E-state index contributed by atoms with van der Waals surface area (Å²) >= 11 is 3.22. The van der Waals surface area contributed by atoms with Gasteiger partial charge in [-0.25, -0.2) is 0 Å². The smallest absolute Gasteiger partial charge is 0.256 e. The second-order valence-electron chi connectivity index (χ2n) is 4.87. The summed E-state index contributed by atoms with van der Waals surface area (Å²) in [4.78, 5) is 12.2. The molecule has 1 aromatic rings. The first-order valence-electron chi connectivity index (χ1n) is 6.29. The number of amides is 1. The Morgan fingerprint density at radius 1 is 1.37 bits per heavy atom. The first-order valence-corrected chi connectivity index (χ1v) is 7.08. The normalized spacial score (nSPS) is 17.5. The lowest BCUT2D eigenvalue weighted by Gasteiger charge is -2.31. The number of phenols is 1. The zero-order valence-corrected chi connectivity index (χ0v) is 12.0. The highest BCUT2D eigenvalue weighted by atomic mass is 79.9. The molecule has 0 unspecified atom stereocenters. The van der Waals surface area contributed by atoms with Crippen LogP contribution in [0.1, 0.15) is 42.5 Å². The maximum Gasteiger partial charge on any atom is 0.256 e. The Balaban J connectivity index is 2.18. The maximum atomic E-state index is 12.2. The quantitative estimate of drug-likeness (QED) is 0.878. The molecule has 0 saturated heterocycles. The van der Waals surface area contributed by atoms with Crippen molar-refractivity contribution in [3.05, 3.63) is 28.2 Å². The summed E-state index contributed by atoms with van der Waals surface area (Å²) in [5, 5.41) is 21.9. The van der Waals surface area contributed by atoms with Crippen LogP contribution in [-0.4, -0.2) is 16.6 Å². The number of halogens is 1. The SMILES string of the molecule is N#CC1(NC(=O)c2ccc(Br)cc2O)CCCCC1. The van der Waals surface area contributed by atoms with Gasteiger partial charge < -0.3 is 10.4 Å². The fourth-order valence-corrected chi connectivity index (χ4v) is 2.75. The van der Waals surface area contributed by atoms with Crippen LogP contribution < -0.4 is 5.32 Å². The van der Waals surface area contributed by atoms with Crippen LogP contribution in [0.5, 0.6) is 5.75 Å². The molecule has 0 aromatic heterocycles. The summed E-state index contributed by atoms with van der Waals surface area (Å²) in [7, 11) is 0. The molecule has 1 fully saturated rings. The van der Waals surface area contributed by atoms with E-state index in [9.17, 15) is 15.2 Å². The Kier molecular flexibility index (Phi) is 4.11. The van der Waals surface area contributed by atoms with Gasteiger partial charge in [-0.05, 0) is 31.0 Å². The van der Waals surface area contributed by atoms with Crippen LogP contribution >= 0.6 is 15.9 Å². The van der Waals surface area contributed by atoms with Crippen LogP contribution in [0.15, 0.2) is 22.7 Å². The molecule has 0 aliphatic heterocycles. The van der Waals surface area contributed by atoms with Gasteiger partial charge in [0.1, 0.15) is 11.3 Å². The zero-order valence-electron chi connectivity index (χ0n) is 10.4. The van der Waals surface area contributed by atoms with E-state index in [0.29, 0.717) is 17.3 Å². The van der Waals surface area contributed by atoms with E-state index in [2.05, 4.69) is 27.3 Å². The van der Waals surface area contributed by atoms with Crippen LogP contribution in [-0.2, 0) is 0 Å². The number of nitriles is 1. The maximum absolute atomic E-state index is 12.2. The Hall–Kier alpha value is -1.54. The molecule has 19 heavy (non-hydrogen) atoms. The van der Waals surface area contributed by atoms with Gasteiger partial charge >= 0.3 is 0 Å². The van der Waals surface area contributed by atoms with Gasteiger partial charge in [0.2, 0.25) is 0 Å². The minimum absolute atomic E-state index is 0.0872. The number of carbonyl (C=O) groups excluding carboxylic acids is 1. The minimum Gasteiger partial charge on any atom is -0.507 e. The molecule has 100 valence electrons. The summed E-state index contributed by atoms with van der Waals surface area (Å²) in [6.07, 6.45) is 4.34. The number of phenolic OH excluding ortho intramolecular Hbond substituents is 1. The van der Waals surface area contributed by atoms with Gasteiger partial charge in [0.25, 0.3) is 5.91 Å². The molecule has 0 radical (unpaired) electrons. The van der Waals surface area contributed by atoms with E-state index in [1.165, 1.54) is 6.07 Å². The third kappa shape index (κ3) is 3.07. The van der Waals surface area contributed by atoms with Gasteiger partial charge in [0.05, 0.1) is 11.6 Å². The number of hydrogen-bond acceptors (Lipinski definition) is 3. The summed E-state index contributed by atoms with van der Waals surface area (Å²) < 4.78 is 0.703. The topological polar surface area (TPSA) is 73.1 Å². The Morgan fingerprint density at radius 2 is 2.05 bits per heavy atom. The molecule has 1 saturated carbocycles. The van der Waals surface area contributed by atoms with Crippen molar-refractivity contribution in [2.45, 2.75) is 37.6 Å². The lowest BCUT2D eigenvalue weighted by molar-refractivity contribution is 0.0900. The molecule has 0 heterocycles. The summed E-state index contributed by atoms with van der Waals surface area (Å²) in [6, 6.07) is 6.93. The van der Waals surface area contributed by atoms with Gasteiger partial charge in [-0.2, -0.15) is 5.26 Å². The number of rotatable bonds is 2. The van der Waals surface area contributed by atoms with Crippen LogP contribution in [0.25, 0.3) is 0 Å². The van der Waals surface area contributed by atoms with Crippen LogP contribution in [0.2, 0.25) is 0 Å². The predicted octanol–water partition coefficient (Wildman–Crippen LogP) is 3.11. The molecule has 0 atom stereocenters. The Morgan fingerprint density at radius 3 is 2.63 bits per heavy atom. The zero-order chi connectivity index (χ0) is 13.9. The van der Waals surface area contributed by atoms with Gasteiger partial charge in [0, 0.05) is 4.47 Å². The molecule has 1 aliphatic rings. The van der Waals surface area contributed by atoms with Crippen LogP contribution in [0.4, 0.5) is 0 Å². The van der Waals surface area contributed by atoms with Crippen molar-refractivity contribution in [3.63, 3.8) is 0 Å². The number of nitrogens with one attached hydrogen (secondary N) is 1. The molecule has 5 heteroatoms. The first kappa shape index (κ1) is 13.9. The van der Waals surface area contributed by atoms with E-state index < -0.39 is 11.4 Å². The fraction of sp³-hybridized carbons (Fsp3) is 0.429. The van der Waals surface area contributed by atoms with Gasteiger partial charge in [-0.3, -0.25) is 4.79 Å². The fourth-order valence-electron chi connectivity index (χ4n) is 2.40. The second kappa shape index (κ2) is 5.62. The van der Waals surface area contributed by atoms with Crippen LogP contribution in [0, 0.1) is 11.3 Å². The van der Waals surface area contributed by atoms with E-state index in [1.54, 1.807) is 12.1 Å². The third-order valence-electron chi connectivity index (χ3n) is 3.48. The summed E-state index contributed by atoms with van der Waals surface area (Å²) in [5.74, 6) is -0.482. The largest absolute Gasteiger partial charge is 0.507 e. The van der Waals surface area contributed by atoms with Crippen molar-refractivity contribution in [3.8, 4) is 11.8 Å². The molecule has 2 rings (SSSR count). The molecule has 1 amide bonds. The van der Waals surface area contributed by atoms with E-state index in [0.717, 1.165) is 19.3 Å². The van der Waals surface area contributed by atoms with E-state index in [4.69, 9.17) is 0 Å². The molecular formula is C14H15BrN2O2. The number of nitrogens with zero attached hydrogens (tertiary/aromatic N) is 1. The van der Waals surface area contributed by atoms with E-state index >= 15 is 0 Å². The molecule has 1 aromatic carbocycles. The van der Waals surface area contributed by atoms with Crippen molar-refractivity contribution in [1.82, 2.24) is 5.32 Å². The number of benzene rings is 1. The number of hydrogen-bond donors (Lipinski definition) is 2. The van der Waals surface area contributed by atoms with Crippen molar-refractivity contribution in [2.75, 3.05) is 0 Å². The minimum atomic E-state index is -0.783. The Labute approximate surface area is 120 Å². The van der Waals surface area contributed by atoms with E-state index in [-0.39, 0.29) is 11.3 Å². The molecule has 2 N–H and O–H groups in total. The van der Waals surface area contributed by atoms with Crippen molar-refractivity contribution < 1.29 is 9.90 Å². The van der Waals surface area contributed by atoms with Gasteiger partial charge in [-0.15, -0.1) is 0 Å². The lowest BCUT2D eigenvalue weighted by atomic mass is 9.82. The Bertz CT molecular complexity index is 531. The van der Waals surface area contributed by atoms with Crippen LogP contribution in [0.3, 0.4) is 0 Å². The summed E-state index contributed by atoms with van der Waals surface area (Å²) in [6.45, 7) is 0. The molecular weight excluding hydrogens is 308 g/mol. The molecule has 0 bridgehead atoms. The number of aromatic hydroxyl groups is 1. The number of carbonyl (C=O) groups is 1. The predicted molar refractivity (Wildman–Crippen MR) is 74.7 cm³/mol. The van der Waals surface area contributed by atoms with E-state index in [1.807, 2.05) is 0 Å². The first-order chi connectivity index (χ1) is 9.06. The highest BCUT2D eigenvalue weighted by Crippen LogP contribution is 2.29. The average Bonchev–Trinajstić information content (AvgIpc) is 2.39. The lowest BCUT2D eigenvalue weighted by Crippen LogP contribution is -2.48. The molecule has 1 aliphatic carbocycles. The highest BCUT2D eigenvalue weighted by molar-refractivity contribution is 9.10. The van der Waals surface area contributed by atoms with Crippen molar-refractivity contribution in [1.29, 1.82) is 5.26 Å². The van der Waals surface area contributed by atoms with Gasteiger partial charge in [-0.1, -0.05) is 35.2 Å². The monoisotopic (exact) mass is 322 g/mol. The average molecular weight is 323 g/mol. The van der Waals surface area contributed by atoms with Gasteiger partial charge in [0.15, 0.2) is 0 Å². The van der Waals surface area contributed by atoms with Crippen molar-refractivity contribution in [2.24, 2.45) is 0 Å². The highest BCUT2D eigenvalue weighted by Gasteiger charge is 2.34. The third-order valence-corrected chi connectivity index (χ3v) is 3.97.